The number of ketones is 1. The molecule has 0 saturated carbocycles. The van der Waals surface area contributed by atoms with Crippen molar-refractivity contribution in [2.24, 2.45) is 0 Å². The quantitative estimate of drug-likeness (QED) is 0.0670. The summed E-state index contributed by atoms with van der Waals surface area (Å²) in [7, 11) is 1.76. The van der Waals surface area contributed by atoms with Crippen LogP contribution in [-0.4, -0.2) is 37.3 Å². The lowest BCUT2D eigenvalue weighted by atomic mass is 9.12. The van der Waals surface area contributed by atoms with Crippen LogP contribution in [-0.2, 0) is 60.3 Å². The van der Waals surface area contributed by atoms with Gasteiger partial charge < -0.3 is 4.74 Å². The Morgan fingerprint density at radius 1 is 0.394 bits per heavy atom. The van der Waals surface area contributed by atoms with Crippen molar-refractivity contribution in [3.8, 4) is 5.75 Å². The Labute approximate surface area is 386 Å². The number of hydrogen-bond acceptors (Lipinski definition) is 2. The Morgan fingerprint density at radius 2 is 0.620 bits per heavy atom. The van der Waals surface area contributed by atoms with Crippen LogP contribution in [0.1, 0.15) is 54.9 Å². The van der Waals surface area contributed by atoms with Crippen molar-refractivity contribution in [3.63, 3.8) is 0 Å². The number of rotatable bonds is 8. The summed E-state index contributed by atoms with van der Waals surface area (Å²) in [6.07, 6.45) is -50.7. The molecule has 5 aromatic rings. The predicted octanol–water partition coefficient (Wildman–Crippen LogP) is 13.0. The number of alkyl halides is 24. The van der Waals surface area contributed by atoms with E-state index >= 15 is 0 Å². The molecule has 0 aliphatic heterocycles. The molecule has 0 aliphatic carbocycles. The molecule has 5 aromatic carbocycles. The fourth-order valence-electron chi connectivity index (χ4n) is 7.21. The van der Waals surface area contributed by atoms with Gasteiger partial charge in [-0.25, -0.2) is 0 Å². The van der Waals surface area contributed by atoms with E-state index in [4.69, 9.17) is 4.74 Å². The lowest BCUT2D eigenvalue weighted by Crippen LogP contribution is -2.75. The summed E-state index contributed by atoms with van der Waals surface area (Å²) in [5, 5.41) is 0. The highest BCUT2D eigenvalue weighted by atomic mass is 32.2. The average Bonchev–Trinajstić information content (AvgIpc) is 3.21. The maximum absolute atomic E-state index is 14.2. The van der Waals surface area contributed by atoms with Crippen molar-refractivity contribution in [1.82, 2.24) is 0 Å². The maximum atomic E-state index is 14.2. The molecule has 0 aromatic heterocycles. The molecule has 0 heterocycles. The highest BCUT2D eigenvalue weighted by Crippen LogP contribution is 2.41. The van der Waals surface area contributed by atoms with E-state index in [-0.39, 0.29) is 16.7 Å². The molecule has 2 nitrogen and oxygen atoms in total. The SMILES string of the molecule is COc1cccc(C(=O)C[S+](C)C)c1.FC(F)(F)c1cc([B-](c2cc(C(F)(F)F)cc(C(F)(F)F)c2)(c2cc(C(F)(F)F)cc(C(F)(F)F)c2)c2cc(C(F)(F)F)cc(C(F)(F)F)c2)cc(C(F)(F)F)c1. The highest BCUT2D eigenvalue weighted by Gasteiger charge is 2.47. The first kappa shape index (κ1) is 57.9. The molecule has 0 N–H and O–H groups in total. The van der Waals surface area contributed by atoms with Crippen LogP contribution in [0, 0.1) is 0 Å². The Balaban J connectivity index is 0.000000671. The van der Waals surface area contributed by atoms with Crippen molar-refractivity contribution in [2.45, 2.75) is 49.4 Å². The van der Waals surface area contributed by atoms with Gasteiger partial charge in [0.05, 0.1) is 64.1 Å². The second-order valence-electron chi connectivity index (χ2n) is 15.5. The Kier molecular flexibility index (Phi) is 16.1. The van der Waals surface area contributed by atoms with Gasteiger partial charge in [0.25, 0.3) is 0 Å². The number of hydrogen-bond donors (Lipinski definition) is 0. The van der Waals surface area contributed by atoms with Crippen LogP contribution in [0.3, 0.4) is 0 Å². The van der Waals surface area contributed by atoms with Crippen LogP contribution >= 0.6 is 0 Å². The van der Waals surface area contributed by atoms with Gasteiger partial charge >= 0.3 is 49.4 Å². The normalized spacial score (nSPS) is 13.5. The second-order valence-corrected chi connectivity index (χ2v) is 17.8. The van der Waals surface area contributed by atoms with Gasteiger partial charge in [0.2, 0.25) is 5.78 Å². The molecule has 0 saturated heterocycles. The zero-order valence-electron chi connectivity index (χ0n) is 35.3. The summed E-state index contributed by atoms with van der Waals surface area (Å²) in [4.78, 5) is 11.7. The number of benzene rings is 5. The average molecular weight is 1070 g/mol. The first-order chi connectivity index (χ1) is 31.9. The van der Waals surface area contributed by atoms with Gasteiger partial charge in [-0.1, -0.05) is 60.7 Å². The molecule has 0 aliphatic rings. The Bertz CT molecular complexity index is 2280. The summed E-state index contributed by atoms with van der Waals surface area (Å²) in [5.74, 6) is 1.55. The molecule has 0 spiro atoms. The van der Waals surface area contributed by atoms with Gasteiger partial charge in [-0.15, -0.1) is 0 Å². The third kappa shape index (κ3) is 13.8. The van der Waals surface area contributed by atoms with Crippen molar-refractivity contribution in [1.29, 1.82) is 0 Å². The second kappa shape index (κ2) is 19.7. The molecule has 71 heavy (non-hydrogen) atoms. The van der Waals surface area contributed by atoms with E-state index in [0.717, 1.165) is 11.3 Å². The Hall–Kier alpha value is -5.70. The van der Waals surface area contributed by atoms with E-state index in [0.29, 0.717) is 5.75 Å². The number of carbonyl (C=O) groups excluding carboxylic acids is 1. The molecule has 388 valence electrons. The zero-order chi connectivity index (χ0) is 54.5. The van der Waals surface area contributed by atoms with Crippen molar-refractivity contribution in [3.05, 3.63) is 147 Å². The fourth-order valence-corrected chi connectivity index (χ4v) is 7.90. The van der Waals surface area contributed by atoms with Crippen molar-refractivity contribution < 1.29 is 115 Å². The predicted molar refractivity (Wildman–Crippen MR) is 211 cm³/mol. The first-order valence-corrected chi connectivity index (χ1v) is 21.2. The largest absolute Gasteiger partial charge is 0.497 e. The summed E-state index contributed by atoms with van der Waals surface area (Å²) in [6, 6.07) is -1.51. The van der Waals surface area contributed by atoms with E-state index in [9.17, 15) is 110 Å². The first-order valence-electron chi connectivity index (χ1n) is 19.0. The van der Waals surface area contributed by atoms with E-state index in [1.54, 1.807) is 13.2 Å². The van der Waals surface area contributed by atoms with Crippen LogP contribution in [0.5, 0.6) is 5.75 Å². The number of methoxy groups -OCH3 is 1. The maximum Gasteiger partial charge on any atom is 0.416 e. The van der Waals surface area contributed by atoms with E-state index in [1.165, 1.54) is 0 Å². The summed E-state index contributed by atoms with van der Waals surface area (Å²) in [5.41, 5.74) is -29.5. The monoisotopic (exact) mass is 1070 g/mol. The van der Waals surface area contributed by atoms with Crippen molar-refractivity contribution in [2.75, 3.05) is 25.4 Å². The van der Waals surface area contributed by atoms with Crippen LogP contribution in [0.25, 0.3) is 0 Å². The van der Waals surface area contributed by atoms with Crippen LogP contribution < -0.4 is 26.6 Å². The molecule has 0 bridgehead atoms. The molecule has 0 unspecified atom stereocenters. The molecule has 0 fully saturated rings. The lowest BCUT2D eigenvalue weighted by molar-refractivity contribution is -0.144. The van der Waals surface area contributed by atoms with Gasteiger partial charge in [-0.2, -0.15) is 127 Å². The molecule has 0 radical (unpaired) electrons. The number of ether oxygens (including phenoxy) is 1. The standard InChI is InChI=1S/C32H12BF24.C11H15O2S/c34-25(35,36)13-1-14(26(37,38)39)6-21(5-13)33(22-7-15(27(40,41)42)2-16(8-22)28(43,44)45,23-9-17(29(46,47)48)3-18(10-23)30(49,50)51)24-11-19(31(52,53)54)4-20(12-24)32(55,56)57;1-13-10-6-4-5-9(7-10)11(12)8-14(2)3/h1-12H;4-7H,8H2,1-3H3/q-1;+1. The number of carbonyl (C=O) groups is 1. The zero-order valence-corrected chi connectivity index (χ0v) is 36.1. The van der Waals surface area contributed by atoms with Crippen LogP contribution in [0.4, 0.5) is 105 Å². The van der Waals surface area contributed by atoms with E-state index < -0.39 is 195 Å². The topological polar surface area (TPSA) is 26.3 Å². The van der Waals surface area contributed by atoms with E-state index in [2.05, 4.69) is 12.5 Å². The number of Topliss-reactive ketones (excluding diaryl/α,β-unsaturated/α-hetero) is 1. The minimum Gasteiger partial charge on any atom is -0.497 e. The van der Waals surface area contributed by atoms with Gasteiger partial charge in [0.1, 0.15) is 11.9 Å². The van der Waals surface area contributed by atoms with Gasteiger partial charge in [0.15, 0.2) is 5.75 Å². The number of halogens is 24. The lowest BCUT2D eigenvalue weighted by Gasteiger charge is -2.46. The highest BCUT2D eigenvalue weighted by molar-refractivity contribution is 7.96. The minimum absolute atomic E-state index is 0.155. The van der Waals surface area contributed by atoms with Crippen molar-refractivity contribution >= 4 is 44.7 Å². The molecular weight excluding hydrogens is 1050 g/mol. The van der Waals surface area contributed by atoms with Crippen LogP contribution in [0.15, 0.2) is 97.1 Å². The van der Waals surface area contributed by atoms with E-state index in [1.807, 2.05) is 18.2 Å². The van der Waals surface area contributed by atoms with Gasteiger partial charge in [0, 0.05) is 5.56 Å². The van der Waals surface area contributed by atoms with Gasteiger partial charge in [-0.3, -0.25) is 4.79 Å². The molecular formula is C43H27BF24O2S. The molecule has 28 heteroatoms. The Morgan fingerprint density at radius 3 is 0.803 bits per heavy atom. The summed E-state index contributed by atoms with van der Waals surface area (Å²) >= 11 is 0. The third-order valence-electron chi connectivity index (χ3n) is 10.3. The molecule has 5 rings (SSSR count). The van der Waals surface area contributed by atoms with Crippen LogP contribution in [0.2, 0.25) is 0 Å². The van der Waals surface area contributed by atoms with Gasteiger partial charge in [-0.05, 0) is 47.3 Å². The smallest absolute Gasteiger partial charge is 0.416 e. The summed E-state index contributed by atoms with van der Waals surface area (Å²) in [6.45, 7) is 0. The summed E-state index contributed by atoms with van der Waals surface area (Å²) < 4.78 is 346. The minimum atomic E-state index is -6.13. The molecule has 0 atom stereocenters. The molecule has 0 amide bonds. The fraction of sp³-hybridized carbons (Fsp3) is 0.279. The third-order valence-corrected chi connectivity index (χ3v) is 11.1.